The summed E-state index contributed by atoms with van der Waals surface area (Å²) in [6.07, 6.45) is 1.76. The van der Waals surface area contributed by atoms with Crippen LogP contribution >= 0.6 is 12.4 Å². The summed E-state index contributed by atoms with van der Waals surface area (Å²) < 4.78 is 4.84. The Morgan fingerprint density at radius 2 is 2.25 bits per heavy atom. The first-order valence-corrected chi connectivity index (χ1v) is 4.11. The van der Waals surface area contributed by atoms with Gasteiger partial charge in [-0.05, 0) is 19.3 Å². The van der Waals surface area contributed by atoms with Crippen LogP contribution < -0.4 is 5.73 Å². The average Bonchev–Trinajstić information content (AvgIpc) is 2.64. The van der Waals surface area contributed by atoms with Gasteiger partial charge in [0, 0.05) is 0 Å². The SMILES string of the molecule is CCOC(=O)[C@@]1(N)C[C@H]1CC.Cl. The lowest BCUT2D eigenvalue weighted by Gasteiger charge is -2.08. The van der Waals surface area contributed by atoms with E-state index in [9.17, 15) is 4.79 Å². The fourth-order valence-corrected chi connectivity index (χ4v) is 1.37. The van der Waals surface area contributed by atoms with Crippen LogP contribution in [0.25, 0.3) is 0 Å². The molecule has 0 aromatic heterocycles. The van der Waals surface area contributed by atoms with Gasteiger partial charge in [-0.3, -0.25) is 4.79 Å². The number of hydrogen-bond acceptors (Lipinski definition) is 3. The predicted octanol–water partition coefficient (Wildman–Crippen LogP) is 1.10. The molecular weight excluding hydrogens is 178 g/mol. The summed E-state index contributed by atoms with van der Waals surface area (Å²) in [6, 6.07) is 0. The van der Waals surface area contributed by atoms with Gasteiger partial charge < -0.3 is 10.5 Å². The van der Waals surface area contributed by atoms with E-state index in [4.69, 9.17) is 10.5 Å². The van der Waals surface area contributed by atoms with Gasteiger partial charge in [-0.1, -0.05) is 13.3 Å². The van der Waals surface area contributed by atoms with Crippen molar-refractivity contribution >= 4 is 18.4 Å². The fraction of sp³-hybridized carbons (Fsp3) is 0.875. The van der Waals surface area contributed by atoms with Gasteiger partial charge in [-0.25, -0.2) is 0 Å². The van der Waals surface area contributed by atoms with Gasteiger partial charge in [-0.15, -0.1) is 12.4 Å². The topological polar surface area (TPSA) is 52.3 Å². The van der Waals surface area contributed by atoms with E-state index in [1.165, 1.54) is 0 Å². The van der Waals surface area contributed by atoms with Gasteiger partial charge in [0.25, 0.3) is 0 Å². The summed E-state index contributed by atoms with van der Waals surface area (Å²) in [5.41, 5.74) is 5.12. The number of hydrogen-bond donors (Lipinski definition) is 1. The molecule has 0 aromatic rings. The molecule has 0 aromatic carbocycles. The molecule has 3 nitrogen and oxygen atoms in total. The normalized spacial score (nSPS) is 32.1. The van der Waals surface area contributed by atoms with Crippen LogP contribution in [0.3, 0.4) is 0 Å². The van der Waals surface area contributed by atoms with E-state index >= 15 is 0 Å². The quantitative estimate of drug-likeness (QED) is 0.683. The summed E-state index contributed by atoms with van der Waals surface area (Å²) in [7, 11) is 0. The van der Waals surface area contributed by atoms with Crippen LogP contribution in [0.5, 0.6) is 0 Å². The molecule has 1 aliphatic carbocycles. The molecule has 4 heteroatoms. The smallest absolute Gasteiger partial charge is 0.326 e. The highest BCUT2D eigenvalue weighted by Gasteiger charge is 2.57. The third-order valence-corrected chi connectivity index (χ3v) is 2.30. The van der Waals surface area contributed by atoms with E-state index in [2.05, 4.69) is 0 Å². The molecule has 72 valence electrons. The summed E-state index contributed by atoms with van der Waals surface area (Å²) in [4.78, 5) is 11.1. The monoisotopic (exact) mass is 193 g/mol. The Hall–Kier alpha value is -0.280. The van der Waals surface area contributed by atoms with E-state index in [0.717, 1.165) is 12.8 Å². The number of carbonyl (C=O) groups is 1. The van der Waals surface area contributed by atoms with Gasteiger partial charge in [-0.2, -0.15) is 0 Å². The highest BCUT2D eigenvalue weighted by molar-refractivity contribution is 5.85. The molecule has 1 aliphatic rings. The third-order valence-electron chi connectivity index (χ3n) is 2.30. The first-order chi connectivity index (χ1) is 5.15. The van der Waals surface area contributed by atoms with Crippen molar-refractivity contribution in [2.75, 3.05) is 6.61 Å². The largest absolute Gasteiger partial charge is 0.465 e. The molecular formula is C8H16ClNO2. The predicted molar refractivity (Wildman–Crippen MR) is 49.2 cm³/mol. The third kappa shape index (κ3) is 1.90. The van der Waals surface area contributed by atoms with E-state index < -0.39 is 5.54 Å². The van der Waals surface area contributed by atoms with E-state index in [-0.39, 0.29) is 18.4 Å². The zero-order valence-corrected chi connectivity index (χ0v) is 8.32. The standard InChI is InChI=1S/C8H15NO2.ClH/c1-3-6-5-8(6,9)7(10)11-4-2;/h6H,3-5,9H2,1-2H3;1H/t6-,8-;/m1./s1. The molecule has 0 amide bonds. The van der Waals surface area contributed by atoms with Crippen LogP contribution in [-0.4, -0.2) is 18.1 Å². The molecule has 0 radical (unpaired) electrons. The molecule has 1 saturated carbocycles. The molecule has 0 bridgehead atoms. The summed E-state index contributed by atoms with van der Waals surface area (Å²) >= 11 is 0. The molecule has 0 heterocycles. The summed E-state index contributed by atoms with van der Waals surface area (Å²) in [5, 5.41) is 0. The molecule has 0 saturated heterocycles. The summed E-state index contributed by atoms with van der Waals surface area (Å²) in [5.74, 6) is 0.119. The second-order valence-electron chi connectivity index (χ2n) is 3.07. The van der Waals surface area contributed by atoms with Gasteiger partial charge in [0.15, 0.2) is 0 Å². The van der Waals surface area contributed by atoms with Crippen molar-refractivity contribution in [1.29, 1.82) is 0 Å². The van der Waals surface area contributed by atoms with E-state index in [1.807, 2.05) is 6.92 Å². The highest BCUT2D eigenvalue weighted by atomic mass is 35.5. The minimum absolute atomic E-state index is 0. The zero-order chi connectivity index (χ0) is 8.48. The van der Waals surface area contributed by atoms with Crippen molar-refractivity contribution in [2.45, 2.75) is 32.2 Å². The summed E-state index contributed by atoms with van der Waals surface area (Å²) in [6.45, 7) is 4.26. The Bertz CT molecular complexity index is 174. The van der Waals surface area contributed by atoms with Gasteiger partial charge in [0.2, 0.25) is 0 Å². The second kappa shape index (κ2) is 4.10. The maximum Gasteiger partial charge on any atom is 0.326 e. The van der Waals surface area contributed by atoms with Crippen molar-refractivity contribution in [3.05, 3.63) is 0 Å². The Morgan fingerprint density at radius 1 is 1.67 bits per heavy atom. The first kappa shape index (κ1) is 11.7. The Morgan fingerprint density at radius 3 is 2.58 bits per heavy atom. The average molecular weight is 194 g/mol. The van der Waals surface area contributed by atoms with Gasteiger partial charge in [0.05, 0.1) is 6.61 Å². The molecule has 12 heavy (non-hydrogen) atoms. The van der Waals surface area contributed by atoms with E-state index in [0.29, 0.717) is 12.5 Å². The maximum absolute atomic E-state index is 11.1. The number of rotatable bonds is 3. The molecule has 0 spiro atoms. The van der Waals surface area contributed by atoms with Crippen molar-refractivity contribution in [3.8, 4) is 0 Å². The van der Waals surface area contributed by atoms with Crippen LogP contribution in [-0.2, 0) is 9.53 Å². The van der Waals surface area contributed by atoms with Crippen LogP contribution in [0.2, 0.25) is 0 Å². The maximum atomic E-state index is 11.1. The molecule has 0 unspecified atom stereocenters. The van der Waals surface area contributed by atoms with Crippen molar-refractivity contribution < 1.29 is 9.53 Å². The molecule has 2 atom stereocenters. The van der Waals surface area contributed by atoms with Crippen LogP contribution in [0.15, 0.2) is 0 Å². The first-order valence-electron chi connectivity index (χ1n) is 4.11. The lowest BCUT2D eigenvalue weighted by Crippen LogP contribution is -2.37. The number of ether oxygens (including phenoxy) is 1. The fourth-order valence-electron chi connectivity index (χ4n) is 1.37. The number of halogens is 1. The highest BCUT2D eigenvalue weighted by Crippen LogP contribution is 2.44. The van der Waals surface area contributed by atoms with Gasteiger partial charge in [0.1, 0.15) is 5.54 Å². The van der Waals surface area contributed by atoms with Crippen molar-refractivity contribution in [2.24, 2.45) is 11.7 Å². The molecule has 2 N–H and O–H groups in total. The minimum Gasteiger partial charge on any atom is -0.465 e. The van der Waals surface area contributed by atoms with Gasteiger partial charge >= 0.3 is 5.97 Å². The van der Waals surface area contributed by atoms with Crippen LogP contribution in [0, 0.1) is 5.92 Å². The Kier molecular flexibility index (Phi) is 4.00. The molecule has 1 fully saturated rings. The molecule has 1 rings (SSSR count). The zero-order valence-electron chi connectivity index (χ0n) is 7.50. The Balaban J connectivity index is 0.00000121. The minimum atomic E-state index is -0.634. The van der Waals surface area contributed by atoms with E-state index in [1.54, 1.807) is 6.92 Å². The lowest BCUT2D eigenvalue weighted by atomic mass is 10.2. The van der Waals surface area contributed by atoms with Crippen LogP contribution in [0.1, 0.15) is 26.7 Å². The van der Waals surface area contributed by atoms with Crippen molar-refractivity contribution in [3.63, 3.8) is 0 Å². The number of carbonyl (C=O) groups excluding carboxylic acids is 1. The number of nitrogens with two attached hydrogens (primary N) is 1. The second-order valence-corrected chi connectivity index (χ2v) is 3.07. The lowest BCUT2D eigenvalue weighted by molar-refractivity contribution is -0.146. The van der Waals surface area contributed by atoms with Crippen molar-refractivity contribution in [1.82, 2.24) is 0 Å². The molecule has 0 aliphatic heterocycles. The number of esters is 1. The Labute approximate surface area is 79.1 Å². The van der Waals surface area contributed by atoms with Crippen LogP contribution in [0.4, 0.5) is 0 Å².